The second-order valence-electron chi connectivity index (χ2n) is 9.63. The van der Waals surface area contributed by atoms with Gasteiger partial charge >= 0.3 is 5.97 Å². The average molecular weight is 452 g/mol. The zero-order valence-corrected chi connectivity index (χ0v) is 20.2. The van der Waals surface area contributed by atoms with Gasteiger partial charge in [0.1, 0.15) is 0 Å². The third kappa shape index (κ3) is 7.53. The predicted molar refractivity (Wildman–Crippen MR) is 132 cm³/mol. The molecule has 2 aromatic rings. The van der Waals surface area contributed by atoms with E-state index in [1.807, 2.05) is 31.2 Å². The maximum atomic E-state index is 11.4. The summed E-state index contributed by atoms with van der Waals surface area (Å²) >= 11 is 0. The fraction of sp³-hybridized carbons (Fsp3) is 0.464. The van der Waals surface area contributed by atoms with Gasteiger partial charge in [-0.2, -0.15) is 0 Å². The Labute approximate surface area is 197 Å². The molecule has 5 nitrogen and oxygen atoms in total. The minimum Gasteiger partial charge on any atom is -0.466 e. The second-order valence-corrected chi connectivity index (χ2v) is 9.63. The van der Waals surface area contributed by atoms with E-state index in [4.69, 9.17) is 4.74 Å². The number of ether oxygens (including phenoxy) is 2. The van der Waals surface area contributed by atoms with Crippen LogP contribution in [0.25, 0.3) is 6.08 Å². The minimum atomic E-state index is -0.606. The van der Waals surface area contributed by atoms with Crippen LogP contribution < -0.4 is 5.32 Å². The van der Waals surface area contributed by atoms with Gasteiger partial charge in [-0.3, -0.25) is 0 Å². The van der Waals surface area contributed by atoms with Gasteiger partial charge < -0.3 is 19.9 Å². The first kappa shape index (κ1) is 25.2. The highest BCUT2D eigenvalue weighted by Gasteiger charge is 2.28. The summed E-state index contributed by atoms with van der Waals surface area (Å²) in [4.78, 5) is 11.4. The Morgan fingerprint density at radius 3 is 2.45 bits per heavy atom. The lowest BCUT2D eigenvalue weighted by atomic mass is 9.88. The highest BCUT2D eigenvalue weighted by molar-refractivity contribution is 5.87. The van der Waals surface area contributed by atoms with Gasteiger partial charge in [0, 0.05) is 18.2 Å². The number of methoxy groups -OCH3 is 1. The number of aliphatic hydroxyl groups excluding tert-OH is 1. The van der Waals surface area contributed by atoms with E-state index < -0.39 is 12.1 Å². The van der Waals surface area contributed by atoms with Gasteiger partial charge in [0.15, 0.2) is 0 Å². The zero-order valence-electron chi connectivity index (χ0n) is 20.2. The van der Waals surface area contributed by atoms with Crippen molar-refractivity contribution in [2.24, 2.45) is 5.92 Å². The Hall–Kier alpha value is -2.47. The van der Waals surface area contributed by atoms with Gasteiger partial charge in [-0.25, -0.2) is 4.79 Å². The molecule has 5 heteroatoms. The van der Waals surface area contributed by atoms with Crippen molar-refractivity contribution in [3.8, 4) is 0 Å². The monoisotopic (exact) mass is 451 g/mol. The lowest BCUT2D eigenvalue weighted by Gasteiger charge is -2.31. The molecule has 0 fully saturated rings. The van der Waals surface area contributed by atoms with Crippen LogP contribution in [0.5, 0.6) is 0 Å². The van der Waals surface area contributed by atoms with Crippen molar-refractivity contribution in [1.82, 2.24) is 5.32 Å². The fourth-order valence-corrected chi connectivity index (χ4v) is 4.65. The number of benzene rings is 2. The largest absolute Gasteiger partial charge is 0.466 e. The normalized spacial score (nSPS) is 16.0. The van der Waals surface area contributed by atoms with Crippen LogP contribution in [0.1, 0.15) is 55.5 Å². The second kappa shape index (κ2) is 11.6. The minimum absolute atomic E-state index is 0.0649. The highest BCUT2D eigenvalue weighted by atomic mass is 16.5. The summed E-state index contributed by atoms with van der Waals surface area (Å²) in [6.45, 7) is 7.07. The van der Waals surface area contributed by atoms with Crippen molar-refractivity contribution in [3.05, 3.63) is 76.9 Å². The molecule has 0 aliphatic heterocycles. The Morgan fingerprint density at radius 2 is 1.79 bits per heavy atom. The van der Waals surface area contributed by atoms with Crippen molar-refractivity contribution in [1.29, 1.82) is 0 Å². The van der Waals surface area contributed by atoms with E-state index in [1.165, 1.54) is 24.3 Å². The standard InChI is InChI=1S/C28H37NO4/c1-20(26-12-8-7-9-22(26)13-14-27(31)32-4)33-19-25(30)18-29-28(2,3)17-21-15-23-10-5-6-11-24(23)16-21/h5-14,20-21,25,29-30H,15-19H2,1-4H3/b14-13+/t20-,25-/m1/s1. The third-order valence-electron chi connectivity index (χ3n) is 6.32. The molecule has 0 amide bonds. The first-order chi connectivity index (χ1) is 15.8. The summed E-state index contributed by atoms with van der Waals surface area (Å²) in [5, 5.41) is 14.1. The number of nitrogens with one attached hydrogen (secondary N) is 1. The fourth-order valence-electron chi connectivity index (χ4n) is 4.65. The molecule has 1 aliphatic carbocycles. The molecule has 178 valence electrons. The van der Waals surface area contributed by atoms with E-state index in [0.717, 1.165) is 30.4 Å². The Balaban J connectivity index is 1.45. The molecule has 0 heterocycles. The number of aliphatic hydroxyl groups is 1. The maximum Gasteiger partial charge on any atom is 0.330 e. The van der Waals surface area contributed by atoms with Crippen LogP contribution in [0.2, 0.25) is 0 Å². The molecular formula is C28H37NO4. The summed E-state index contributed by atoms with van der Waals surface area (Å²) in [6.07, 6.45) is 5.63. The van der Waals surface area contributed by atoms with Crippen LogP contribution in [0, 0.1) is 5.92 Å². The molecule has 33 heavy (non-hydrogen) atoms. The van der Waals surface area contributed by atoms with Crippen molar-refractivity contribution in [3.63, 3.8) is 0 Å². The Kier molecular flexibility index (Phi) is 8.84. The van der Waals surface area contributed by atoms with Crippen LogP contribution in [0.4, 0.5) is 0 Å². The SMILES string of the molecule is COC(=O)/C=C/c1ccccc1[C@@H](C)OC[C@H](O)CNC(C)(C)CC1Cc2ccccc2C1. The van der Waals surface area contributed by atoms with Crippen molar-refractivity contribution in [2.45, 2.75) is 57.8 Å². The molecule has 0 saturated carbocycles. The Morgan fingerprint density at radius 1 is 1.15 bits per heavy atom. The lowest BCUT2D eigenvalue weighted by molar-refractivity contribution is -0.134. The molecular weight excluding hydrogens is 414 g/mol. The van der Waals surface area contributed by atoms with E-state index in [2.05, 4.69) is 48.2 Å². The Bertz CT molecular complexity index is 927. The summed E-state index contributed by atoms with van der Waals surface area (Å²) in [5.41, 5.74) is 4.73. The molecule has 2 aromatic carbocycles. The summed E-state index contributed by atoms with van der Waals surface area (Å²) in [5.74, 6) is 0.233. The van der Waals surface area contributed by atoms with Crippen LogP contribution in [0.15, 0.2) is 54.6 Å². The first-order valence-corrected chi connectivity index (χ1v) is 11.7. The van der Waals surface area contributed by atoms with Crippen LogP contribution in [-0.2, 0) is 27.1 Å². The molecule has 0 aromatic heterocycles. The number of esters is 1. The van der Waals surface area contributed by atoms with Crippen LogP contribution in [-0.4, -0.2) is 43.0 Å². The van der Waals surface area contributed by atoms with E-state index >= 15 is 0 Å². The zero-order chi connectivity index (χ0) is 23.8. The molecule has 1 aliphatic rings. The molecule has 3 rings (SSSR count). The number of hydrogen-bond acceptors (Lipinski definition) is 5. The lowest BCUT2D eigenvalue weighted by Crippen LogP contribution is -2.45. The quantitative estimate of drug-likeness (QED) is 0.389. The van der Waals surface area contributed by atoms with Gasteiger partial charge in [-0.15, -0.1) is 0 Å². The highest BCUT2D eigenvalue weighted by Crippen LogP contribution is 2.32. The van der Waals surface area contributed by atoms with Gasteiger partial charge in [-0.05, 0) is 74.3 Å². The van der Waals surface area contributed by atoms with E-state index in [-0.39, 0.29) is 18.2 Å². The summed E-state index contributed by atoms with van der Waals surface area (Å²) < 4.78 is 10.6. The average Bonchev–Trinajstić information content (AvgIpc) is 3.21. The molecule has 2 N–H and O–H groups in total. The first-order valence-electron chi connectivity index (χ1n) is 11.7. The molecule has 0 spiro atoms. The van der Waals surface area contributed by atoms with Gasteiger partial charge in [-0.1, -0.05) is 48.5 Å². The van der Waals surface area contributed by atoms with E-state index in [0.29, 0.717) is 12.5 Å². The molecule has 0 unspecified atom stereocenters. The van der Waals surface area contributed by atoms with Gasteiger partial charge in [0.25, 0.3) is 0 Å². The molecule has 2 atom stereocenters. The van der Waals surface area contributed by atoms with Gasteiger partial charge in [0.2, 0.25) is 0 Å². The number of carbonyl (C=O) groups is 1. The number of β-amino-alcohol motifs (C(OH)–C–C–N with tert-alkyl or cyclic N) is 1. The van der Waals surface area contributed by atoms with Gasteiger partial charge in [0.05, 0.1) is 25.9 Å². The smallest absolute Gasteiger partial charge is 0.330 e. The third-order valence-corrected chi connectivity index (χ3v) is 6.32. The van der Waals surface area contributed by atoms with Crippen LogP contribution in [0.3, 0.4) is 0 Å². The number of carbonyl (C=O) groups excluding carboxylic acids is 1. The number of fused-ring (bicyclic) bond motifs is 1. The van der Waals surface area contributed by atoms with Crippen LogP contribution >= 0.6 is 0 Å². The maximum absolute atomic E-state index is 11.4. The van der Waals surface area contributed by atoms with E-state index in [1.54, 1.807) is 6.08 Å². The molecule has 0 bridgehead atoms. The summed E-state index contributed by atoms with van der Waals surface area (Å²) in [7, 11) is 1.35. The van der Waals surface area contributed by atoms with Crippen molar-refractivity contribution in [2.75, 3.05) is 20.3 Å². The van der Waals surface area contributed by atoms with Crippen molar-refractivity contribution >= 4 is 12.0 Å². The topological polar surface area (TPSA) is 67.8 Å². The van der Waals surface area contributed by atoms with Crippen molar-refractivity contribution < 1.29 is 19.4 Å². The summed E-state index contributed by atoms with van der Waals surface area (Å²) in [6, 6.07) is 16.5. The molecule has 0 saturated heterocycles. The molecule has 0 radical (unpaired) electrons. The van der Waals surface area contributed by atoms with E-state index in [9.17, 15) is 9.90 Å². The number of hydrogen-bond donors (Lipinski definition) is 2. The predicted octanol–water partition coefficient (Wildman–Crippen LogP) is 4.48. The number of rotatable bonds is 11.